The van der Waals surface area contributed by atoms with Crippen LogP contribution in [0.25, 0.3) is 0 Å². The predicted octanol–water partition coefficient (Wildman–Crippen LogP) is 2.24. The van der Waals surface area contributed by atoms with Crippen molar-refractivity contribution in [3.63, 3.8) is 0 Å². The summed E-state index contributed by atoms with van der Waals surface area (Å²) in [6, 6.07) is 5.08. The van der Waals surface area contributed by atoms with Crippen molar-refractivity contribution in [2.24, 2.45) is 0 Å². The molecule has 0 spiro atoms. The Morgan fingerprint density at radius 3 is 2.82 bits per heavy atom. The summed E-state index contributed by atoms with van der Waals surface area (Å²) in [7, 11) is 0. The highest BCUT2D eigenvalue weighted by atomic mass is 79.9. The van der Waals surface area contributed by atoms with Crippen molar-refractivity contribution in [2.75, 3.05) is 6.61 Å². The minimum atomic E-state index is -0.425. The monoisotopic (exact) mass is 295 g/mol. The Kier molecular flexibility index (Phi) is 4.85. The number of esters is 1. The second-order valence-electron chi connectivity index (χ2n) is 3.20. The molecule has 0 heterocycles. The summed E-state index contributed by atoms with van der Waals surface area (Å²) >= 11 is 3.25. The molecule has 0 aliphatic rings. The third kappa shape index (κ3) is 3.14. The van der Waals surface area contributed by atoms with E-state index in [-0.39, 0.29) is 24.2 Å². The molecule has 0 aliphatic heterocycles. The van der Waals surface area contributed by atoms with E-state index in [1.165, 1.54) is 6.07 Å². The summed E-state index contributed by atoms with van der Waals surface area (Å²) in [5.41, 5.74) is 0.968. The molecule has 0 amide bonds. The van der Waals surface area contributed by atoms with E-state index >= 15 is 0 Å². The molecule has 1 aromatic rings. The van der Waals surface area contributed by atoms with Crippen LogP contribution in [0, 0.1) is 11.3 Å². The van der Waals surface area contributed by atoms with Gasteiger partial charge in [-0.25, -0.2) is 0 Å². The molecule has 0 saturated heterocycles. The largest absolute Gasteiger partial charge is 0.466 e. The number of nitriles is 1. The first-order valence-corrected chi connectivity index (χ1v) is 5.75. The number of halogens is 1. The van der Waals surface area contributed by atoms with Gasteiger partial charge < -0.3 is 4.74 Å². The van der Waals surface area contributed by atoms with E-state index in [1.807, 2.05) is 6.07 Å². The van der Waals surface area contributed by atoms with Gasteiger partial charge in [0.15, 0.2) is 6.29 Å². The first kappa shape index (κ1) is 13.4. The van der Waals surface area contributed by atoms with Crippen LogP contribution in [-0.4, -0.2) is 18.9 Å². The molecule has 4 nitrogen and oxygen atoms in total. The molecular formula is C12H10BrNO3. The molecule has 0 N–H and O–H groups in total. The summed E-state index contributed by atoms with van der Waals surface area (Å²) in [4.78, 5) is 22.4. The van der Waals surface area contributed by atoms with Crippen LogP contribution in [0.1, 0.15) is 28.4 Å². The lowest BCUT2D eigenvalue weighted by molar-refractivity contribution is -0.142. The van der Waals surface area contributed by atoms with Crippen molar-refractivity contribution >= 4 is 28.2 Å². The highest BCUT2D eigenvalue weighted by Crippen LogP contribution is 2.23. The van der Waals surface area contributed by atoms with Gasteiger partial charge in [-0.1, -0.05) is 15.9 Å². The van der Waals surface area contributed by atoms with E-state index in [1.54, 1.807) is 13.0 Å². The van der Waals surface area contributed by atoms with Gasteiger partial charge in [-0.3, -0.25) is 9.59 Å². The van der Waals surface area contributed by atoms with Gasteiger partial charge in [0, 0.05) is 10.0 Å². The molecule has 0 bridgehead atoms. The molecule has 0 radical (unpaired) electrons. The van der Waals surface area contributed by atoms with Crippen molar-refractivity contribution in [3.8, 4) is 6.07 Å². The zero-order chi connectivity index (χ0) is 12.8. The number of aldehydes is 1. The maximum atomic E-state index is 11.4. The number of benzene rings is 1. The Balaban J connectivity index is 3.17. The van der Waals surface area contributed by atoms with Crippen molar-refractivity contribution in [1.82, 2.24) is 0 Å². The van der Waals surface area contributed by atoms with E-state index in [9.17, 15) is 9.59 Å². The number of carbonyl (C=O) groups excluding carboxylic acids is 2. The predicted molar refractivity (Wildman–Crippen MR) is 64.6 cm³/mol. The fourth-order valence-electron chi connectivity index (χ4n) is 1.41. The Bertz CT molecular complexity index is 491. The van der Waals surface area contributed by atoms with E-state index in [4.69, 9.17) is 10.00 Å². The number of rotatable bonds is 4. The molecule has 17 heavy (non-hydrogen) atoms. The van der Waals surface area contributed by atoms with Crippen molar-refractivity contribution < 1.29 is 14.3 Å². The van der Waals surface area contributed by atoms with E-state index < -0.39 is 5.97 Å². The molecule has 0 aromatic heterocycles. The highest BCUT2D eigenvalue weighted by molar-refractivity contribution is 9.10. The maximum absolute atomic E-state index is 11.4. The van der Waals surface area contributed by atoms with Crippen molar-refractivity contribution in [3.05, 3.63) is 33.3 Å². The zero-order valence-electron chi connectivity index (χ0n) is 9.20. The fraction of sp³-hybridized carbons (Fsp3) is 0.250. The normalized spacial score (nSPS) is 9.47. The quantitative estimate of drug-likeness (QED) is 0.631. The van der Waals surface area contributed by atoms with Gasteiger partial charge in [0.25, 0.3) is 0 Å². The lowest BCUT2D eigenvalue weighted by atomic mass is 10.0. The van der Waals surface area contributed by atoms with Gasteiger partial charge in [-0.15, -0.1) is 0 Å². The Morgan fingerprint density at radius 2 is 2.29 bits per heavy atom. The fourth-order valence-corrected chi connectivity index (χ4v) is 1.89. The molecule has 0 fully saturated rings. The van der Waals surface area contributed by atoms with Crippen LogP contribution in [-0.2, 0) is 16.0 Å². The number of ether oxygens (including phenoxy) is 1. The van der Waals surface area contributed by atoms with Gasteiger partial charge in [-0.2, -0.15) is 5.26 Å². The minimum absolute atomic E-state index is 0.0297. The average molecular weight is 296 g/mol. The highest BCUT2D eigenvalue weighted by Gasteiger charge is 2.15. The number of carbonyl (C=O) groups is 2. The topological polar surface area (TPSA) is 67.2 Å². The van der Waals surface area contributed by atoms with Gasteiger partial charge in [0.2, 0.25) is 0 Å². The second kappa shape index (κ2) is 6.16. The van der Waals surface area contributed by atoms with Gasteiger partial charge in [0.1, 0.15) is 0 Å². The summed E-state index contributed by atoms with van der Waals surface area (Å²) < 4.78 is 5.43. The Morgan fingerprint density at radius 1 is 1.59 bits per heavy atom. The summed E-state index contributed by atoms with van der Waals surface area (Å²) in [5, 5.41) is 8.86. The van der Waals surface area contributed by atoms with E-state index in [0.717, 1.165) is 0 Å². The standard InChI is InChI=1S/C12H10BrNO3/c1-2-17-12(16)5-9-10(7-15)8(6-14)3-4-11(9)13/h3-4,7H,2,5H2,1H3. The van der Waals surface area contributed by atoms with Gasteiger partial charge in [-0.05, 0) is 24.6 Å². The van der Waals surface area contributed by atoms with Gasteiger partial charge in [0.05, 0.1) is 24.7 Å². The first-order chi connectivity index (χ1) is 8.13. The van der Waals surface area contributed by atoms with E-state index in [0.29, 0.717) is 16.3 Å². The smallest absolute Gasteiger partial charge is 0.310 e. The Labute approximate surface area is 107 Å². The third-order valence-electron chi connectivity index (χ3n) is 2.16. The maximum Gasteiger partial charge on any atom is 0.310 e. The zero-order valence-corrected chi connectivity index (χ0v) is 10.8. The van der Waals surface area contributed by atoms with Crippen LogP contribution < -0.4 is 0 Å². The molecule has 88 valence electrons. The summed E-state index contributed by atoms with van der Waals surface area (Å²) in [6.07, 6.45) is 0.551. The van der Waals surface area contributed by atoms with Crippen molar-refractivity contribution in [1.29, 1.82) is 5.26 Å². The summed E-state index contributed by atoms with van der Waals surface area (Å²) in [5.74, 6) is -0.425. The Hall–Kier alpha value is -1.67. The molecular weight excluding hydrogens is 286 g/mol. The number of hydrogen-bond acceptors (Lipinski definition) is 4. The average Bonchev–Trinajstić information content (AvgIpc) is 2.31. The van der Waals surface area contributed by atoms with Crippen LogP contribution in [0.4, 0.5) is 0 Å². The number of hydrogen-bond donors (Lipinski definition) is 0. The third-order valence-corrected chi connectivity index (χ3v) is 2.91. The lowest BCUT2D eigenvalue weighted by Crippen LogP contribution is -2.10. The molecule has 1 aromatic carbocycles. The second-order valence-corrected chi connectivity index (χ2v) is 4.05. The number of nitrogens with zero attached hydrogens (tertiary/aromatic N) is 1. The first-order valence-electron chi connectivity index (χ1n) is 4.96. The van der Waals surface area contributed by atoms with Crippen molar-refractivity contribution in [2.45, 2.75) is 13.3 Å². The minimum Gasteiger partial charge on any atom is -0.466 e. The lowest BCUT2D eigenvalue weighted by Gasteiger charge is -2.08. The van der Waals surface area contributed by atoms with Crippen LogP contribution in [0.3, 0.4) is 0 Å². The molecule has 0 saturated carbocycles. The van der Waals surface area contributed by atoms with Crippen LogP contribution in [0.5, 0.6) is 0 Å². The summed E-state index contributed by atoms with van der Waals surface area (Å²) in [6.45, 7) is 1.99. The molecule has 1 rings (SSSR count). The van der Waals surface area contributed by atoms with E-state index in [2.05, 4.69) is 15.9 Å². The SMILES string of the molecule is CCOC(=O)Cc1c(Br)ccc(C#N)c1C=O. The molecule has 0 atom stereocenters. The van der Waals surface area contributed by atoms with Crippen LogP contribution in [0.2, 0.25) is 0 Å². The van der Waals surface area contributed by atoms with Crippen LogP contribution >= 0.6 is 15.9 Å². The molecule has 0 aliphatic carbocycles. The van der Waals surface area contributed by atoms with Gasteiger partial charge >= 0.3 is 5.97 Å². The molecule has 0 unspecified atom stereocenters. The van der Waals surface area contributed by atoms with Crippen LogP contribution in [0.15, 0.2) is 16.6 Å². The molecule has 5 heteroatoms.